The van der Waals surface area contributed by atoms with Gasteiger partial charge in [-0.3, -0.25) is 4.79 Å². The lowest BCUT2D eigenvalue weighted by Gasteiger charge is -2.36. The highest BCUT2D eigenvalue weighted by molar-refractivity contribution is 6.26. The Bertz CT molecular complexity index is 1010. The second kappa shape index (κ2) is 7.73. The number of Topliss-reactive ketones (excluding diaryl/α,β-unsaturated/α-hetero) is 1. The van der Waals surface area contributed by atoms with Crippen molar-refractivity contribution in [1.29, 1.82) is 0 Å². The van der Waals surface area contributed by atoms with Gasteiger partial charge in [-0.2, -0.15) is 0 Å². The molecular weight excluding hydrogens is 370 g/mol. The van der Waals surface area contributed by atoms with E-state index in [4.69, 9.17) is 9.47 Å². The molecule has 0 aliphatic carbocycles. The van der Waals surface area contributed by atoms with E-state index in [9.17, 15) is 9.59 Å². The highest BCUT2D eigenvalue weighted by Gasteiger charge is 2.40. The molecule has 0 unspecified atom stereocenters. The third-order valence-electron chi connectivity index (χ3n) is 5.28. The minimum absolute atomic E-state index is 0.0163. The maximum atomic E-state index is 13.1. The van der Waals surface area contributed by atoms with Crippen molar-refractivity contribution in [1.82, 2.24) is 14.9 Å². The maximum Gasteiger partial charge on any atom is 0.347 e. The predicted octanol–water partition coefficient (Wildman–Crippen LogP) is 3.26. The summed E-state index contributed by atoms with van der Waals surface area (Å²) in [6, 6.07) is 3.75. The van der Waals surface area contributed by atoms with Crippen LogP contribution in [0.15, 0.2) is 41.7 Å². The molecule has 2 aliphatic heterocycles. The van der Waals surface area contributed by atoms with Crippen LogP contribution in [-0.4, -0.2) is 46.3 Å². The number of carbonyl (C=O) groups is 2. The molecule has 2 aromatic heterocycles. The van der Waals surface area contributed by atoms with Crippen LogP contribution in [0.5, 0.6) is 0 Å². The number of likely N-dealkylation sites (tertiary alicyclic amines) is 1. The number of nitrogens with zero attached hydrogens (tertiary/aromatic N) is 2. The highest BCUT2D eigenvalue weighted by atomic mass is 16.5. The molecule has 7 heteroatoms. The van der Waals surface area contributed by atoms with Crippen molar-refractivity contribution in [3.05, 3.63) is 47.3 Å². The standard InChI is InChI=1S/C22H25N3O4/c1-4-28-22(27)18-19(26)17(9-15-10-24-20-16(15)6-5-7-23-20)29-21(18)25-11-13(2)8-14(3)12-25/h5-7,9-10,13-14H,4,8,11-12H2,1-3H3,(H,23,24)/b17-9-/t13-,14-/m0/s1. The summed E-state index contributed by atoms with van der Waals surface area (Å²) in [5.74, 6) is 0.252. The smallest absolute Gasteiger partial charge is 0.347 e. The number of piperidine rings is 1. The van der Waals surface area contributed by atoms with E-state index in [1.54, 1.807) is 25.4 Å². The lowest BCUT2D eigenvalue weighted by Crippen LogP contribution is -2.39. The predicted molar refractivity (Wildman–Crippen MR) is 108 cm³/mol. The number of rotatable bonds is 4. The van der Waals surface area contributed by atoms with Crippen molar-refractivity contribution >= 4 is 28.9 Å². The molecule has 1 N–H and O–H groups in total. The van der Waals surface area contributed by atoms with Gasteiger partial charge in [0, 0.05) is 36.4 Å². The van der Waals surface area contributed by atoms with E-state index in [1.807, 2.05) is 17.0 Å². The third kappa shape index (κ3) is 3.64. The third-order valence-corrected chi connectivity index (χ3v) is 5.28. The molecule has 0 radical (unpaired) electrons. The number of hydrogen-bond acceptors (Lipinski definition) is 6. The van der Waals surface area contributed by atoms with Crippen molar-refractivity contribution in [3.63, 3.8) is 0 Å². The summed E-state index contributed by atoms with van der Waals surface area (Å²) in [5, 5.41) is 0.878. The Morgan fingerprint density at radius 3 is 2.86 bits per heavy atom. The van der Waals surface area contributed by atoms with Crippen molar-refractivity contribution < 1.29 is 19.1 Å². The van der Waals surface area contributed by atoms with Crippen LogP contribution in [0, 0.1) is 11.8 Å². The Morgan fingerprint density at radius 2 is 2.14 bits per heavy atom. The molecule has 4 heterocycles. The van der Waals surface area contributed by atoms with Crippen LogP contribution in [0.3, 0.4) is 0 Å². The van der Waals surface area contributed by atoms with Crippen LogP contribution in [-0.2, 0) is 19.1 Å². The van der Waals surface area contributed by atoms with Gasteiger partial charge in [0.1, 0.15) is 5.65 Å². The first-order valence-electron chi connectivity index (χ1n) is 10.0. The van der Waals surface area contributed by atoms with Crippen LogP contribution in [0.4, 0.5) is 0 Å². The molecule has 0 amide bonds. The second-order valence-electron chi connectivity index (χ2n) is 7.84. The van der Waals surface area contributed by atoms with Gasteiger partial charge in [-0.25, -0.2) is 9.78 Å². The monoisotopic (exact) mass is 395 g/mol. The van der Waals surface area contributed by atoms with Crippen LogP contribution < -0.4 is 0 Å². The topological polar surface area (TPSA) is 84.5 Å². The number of H-pyrrole nitrogens is 1. The van der Waals surface area contributed by atoms with Gasteiger partial charge in [0.05, 0.1) is 6.61 Å². The number of esters is 1. The van der Waals surface area contributed by atoms with E-state index in [2.05, 4.69) is 23.8 Å². The van der Waals surface area contributed by atoms with Gasteiger partial charge in [-0.15, -0.1) is 0 Å². The van der Waals surface area contributed by atoms with Crippen LogP contribution in [0.1, 0.15) is 32.8 Å². The number of carbonyl (C=O) groups excluding carboxylic acids is 2. The van der Waals surface area contributed by atoms with E-state index >= 15 is 0 Å². The minimum atomic E-state index is -0.637. The van der Waals surface area contributed by atoms with Crippen molar-refractivity contribution in [2.75, 3.05) is 19.7 Å². The molecular formula is C22H25N3O4. The fourth-order valence-corrected chi connectivity index (χ4v) is 4.19. The van der Waals surface area contributed by atoms with Crippen LogP contribution >= 0.6 is 0 Å². The number of aromatic nitrogens is 2. The Kier molecular flexibility index (Phi) is 5.13. The first-order valence-corrected chi connectivity index (χ1v) is 10.0. The van der Waals surface area contributed by atoms with Gasteiger partial charge in [0.2, 0.25) is 11.7 Å². The van der Waals surface area contributed by atoms with E-state index in [-0.39, 0.29) is 17.9 Å². The molecule has 2 aromatic rings. The molecule has 152 valence electrons. The number of ether oxygens (including phenoxy) is 2. The van der Waals surface area contributed by atoms with Gasteiger partial charge < -0.3 is 19.4 Å². The molecule has 2 aliphatic rings. The van der Waals surface area contributed by atoms with E-state index in [1.165, 1.54) is 0 Å². The zero-order valence-corrected chi connectivity index (χ0v) is 16.9. The first-order chi connectivity index (χ1) is 14.0. The summed E-state index contributed by atoms with van der Waals surface area (Å²) >= 11 is 0. The summed E-state index contributed by atoms with van der Waals surface area (Å²) in [7, 11) is 0. The Hall–Kier alpha value is -3.09. The molecule has 0 spiro atoms. The molecule has 2 atom stereocenters. The zero-order chi connectivity index (χ0) is 20.5. The average molecular weight is 395 g/mol. The number of hydrogen-bond donors (Lipinski definition) is 1. The summed E-state index contributed by atoms with van der Waals surface area (Å²) in [6.07, 6.45) is 6.24. The first kappa shape index (κ1) is 19.2. The molecule has 0 bridgehead atoms. The van der Waals surface area contributed by atoms with Gasteiger partial charge in [-0.05, 0) is 43.4 Å². The van der Waals surface area contributed by atoms with Crippen molar-refractivity contribution in [2.24, 2.45) is 11.8 Å². The van der Waals surface area contributed by atoms with Crippen molar-refractivity contribution in [2.45, 2.75) is 27.2 Å². The van der Waals surface area contributed by atoms with Gasteiger partial charge in [0.15, 0.2) is 11.3 Å². The molecule has 29 heavy (non-hydrogen) atoms. The summed E-state index contributed by atoms with van der Waals surface area (Å²) < 4.78 is 11.2. The zero-order valence-electron chi connectivity index (χ0n) is 16.9. The number of fused-ring (bicyclic) bond motifs is 1. The summed E-state index contributed by atoms with van der Waals surface area (Å²) in [6.45, 7) is 7.72. The van der Waals surface area contributed by atoms with Crippen molar-refractivity contribution in [3.8, 4) is 0 Å². The molecule has 0 saturated carbocycles. The molecule has 1 fully saturated rings. The lowest BCUT2D eigenvalue weighted by molar-refractivity contribution is -0.139. The minimum Gasteiger partial charge on any atom is -0.462 e. The number of aromatic amines is 1. The summed E-state index contributed by atoms with van der Waals surface area (Å²) in [5.41, 5.74) is 1.49. The van der Waals surface area contributed by atoms with Gasteiger partial charge >= 0.3 is 5.97 Å². The Balaban J connectivity index is 1.71. The number of ketones is 1. The number of allylic oxidation sites excluding steroid dienone is 1. The fraction of sp³-hybridized carbons (Fsp3) is 0.409. The fourth-order valence-electron chi connectivity index (χ4n) is 4.19. The quantitative estimate of drug-likeness (QED) is 0.486. The van der Waals surface area contributed by atoms with Crippen LogP contribution in [0.25, 0.3) is 17.1 Å². The largest absolute Gasteiger partial charge is 0.462 e. The number of nitrogens with one attached hydrogen (secondary N) is 1. The highest BCUT2D eigenvalue weighted by Crippen LogP contribution is 2.34. The Labute approximate surface area is 169 Å². The normalized spacial score (nSPS) is 23.8. The van der Waals surface area contributed by atoms with E-state index in [0.29, 0.717) is 17.7 Å². The van der Waals surface area contributed by atoms with Gasteiger partial charge in [-0.1, -0.05) is 13.8 Å². The number of pyridine rings is 1. The lowest BCUT2D eigenvalue weighted by atomic mass is 9.92. The molecule has 0 aromatic carbocycles. The van der Waals surface area contributed by atoms with E-state index in [0.717, 1.165) is 36.1 Å². The van der Waals surface area contributed by atoms with Crippen LogP contribution in [0.2, 0.25) is 0 Å². The molecule has 7 nitrogen and oxygen atoms in total. The maximum absolute atomic E-state index is 13.1. The Morgan fingerprint density at radius 1 is 1.38 bits per heavy atom. The van der Waals surface area contributed by atoms with E-state index < -0.39 is 11.8 Å². The molecule has 1 saturated heterocycles. The second-order valence-corrected chi connectivity index (χ2v) is 7.84. The SMILES string of the molecule is CCOC(=O)C1=C(N2C[C@@H](C)C[C@H](C)C2)O/C(=C\c2c[nH]c3ncccc23)C1=O. The molecule has 4 rings (SSSR count). The van der Waals surface area contributed by atoms with Gasteiger partial charge in [0.25, 0.3) is 0 Å². The summed E-state index contributed by atoms with van der Waals surface area (Å²) in [4.78, 5) is 35.0. The average Bonchev–Trinajstić information content (AvgIpc) is 3.23.